The highest BCUT2D eigenvalue weighted by molar-refractivity contribution is 5.86. The van der Waals surface area contributed by atoms with E-state index < -0.39 is 0 Å². The molecule has 106 valence electrons. The van der Waals surface area contributed by atoms with Crippen LogP contribution in [0, 0.1) is 5.92 Å². The molecule has 0 atom stereocenters. The lowest BCUT2D eigenvalue weighted by molar-refractivity contribution is 0.127. The van der Waals surface area contributed by atoms with Crippen molar-refractivity contribution in [1.29, 1.82) is 0 Å². The highest BCUT2D eigenvalue weighted by Crippen LogP contribution is 2.14. The number of hydrogen-bond donors (Lipinski definition) is 1. The fraction of sp³-hybridized carbons (Fsp3) is 1.00. The molecule has 2 heterocycles. The van der Waals surface area contributed by atoms with E-state index >= 15 is 0 Å². The third kappa shape index (κ3) is 7.04. The van der Waals surface area contributed by atoms with Crippen molar-refractivity contribution in [3.63, 3.8) is 0 Å². The maximum absolute atomic E-state index is 3.43. The van der Waals surface area contributed by atoms with Crippen LogP contribution in [0.4, 0.5) is 0 Å². The van der Waals surface area contributed by atoms with Gasteiger partial charge in [-0.1, -0.05) is 0 Å². The van der Waals surface area contributed by atoms with E-state index in [0.29, 0.717) is 0 Å². The van der Waals surface area contributed by atoms with Crippen molar-refractivity contribution < 1.29 is 0 Å². The van der Waals surface area contributed by atoms with Gasteiger partial charge < -0.3 is 15.1 Å². The van der Waals surface area contributed by atoms with Gasteiger partial charge in [-0.25, -0.2) is 0 Å². The van der Waals surface area contributed by atoms with Gasteiger partial charge in [0.15, 0.2) is 0 Å². The molecule has 1 N–H and O–H groups in total. The van der Waals surface area contributed by atoms with Crippen molar-refractivity contribution in [3.8, 4) is 0 Å². The topological polar surface area (TPSA) is 18.5 Å². The monoisotopic (exact) mass is 305 g/mol. The zero-order valence-corrected chi connectivity index (χ0v) is 13.0. The predicted octanol–water partition coefficient (Wildman–Crippen LogP) is 1.50. The van der Waals surface area contributed by atoms with Crippen LogP contribution >= 0.6 is 37.2 Å². The van der Waals surface area contributed by atoms with Crippen LogP contribution in [0.3, 0.4) is 0 Å². The summed E-state index contributed by atoms with van der Waals surface area (Å²) in [5.41, 5.74) is 0. The third-order valence-corrected chi connectivity index (χ3v) is 3.57. The molecule has 6 heteroatoms. The Morgan fingerprint density at radius 2 is 1.47 bits per heavy atom. The summed E-state index contributed by atoms with van der Waals surface area (Å²) in [6, 6.07) is 0. The van der Waals surface area contributed by atoms with Gasteiger partial charge in [0, 0.05) is 32.7 Å². The van der Waals surface area contributed by atoms with E-state index in [4.69, 9.17) is 0 Å². The van der Waals surface area contributed by atoms with Gasteiger partial charge in [-0.15, -0.1) is 37.2 Å². The van der Waals surface area contributed by atoms with Gasteiger partial charge in [0.2, 0.25) is 0 Å². The summed E-state index contributed by atoms with van der Waals surface area (Å²) in [6.45, 7) is 8.88. The smallest absolute Gasteiger partial charge is 0.0110 e. The van der Waals surface area contributed by atoms with Gasteiger partial charge in [0.1, 0.15) is 0 Å². The number of nitrogens with one attached hydrogen (secondary N) is 1. The zero-order chi connectivity index (χ0) is 9.80. The van der Waals surface area contributed by atoms with Crippen LogP contribution in [0.25, 0.3) is 0 Å². The van der Waals surface area contributed by atoms with Crippen molar-refractivity contribution in [3.05, 3.63) is 0 Å². The average Bonchev–Trinajstić information content (AvgIpc) is 2.23. The quantitative estimate of drug-likeness (QED) is 0.834. The molecule has 0 aromatic heterocycles. The lowest BCUT2D eigenvalue weighted by Gasteiger charge is -2.35. The molecule has 0 amide bonds. The van der Waals surface area contributed by atoms with Crippen molar-refractivity contribution in [2.24, 2.45) is 5.92 Å². The molecule has 0 bridgehead atoms. The van der Waals surface area contributed by atoms with Crippen LogP contribution in [0.2, 0.25) is 0 Å². The highest BCUT2D eigenvalue weighted by Gasteiger charge is 2.19. The van der Waals surface area contributed by atoms with E-state index in [1.807, 2.05) is 0 Å². The van der Waals surface area contributed by atoms with Gasteiger partial charge in [-0.3, -0.25) is 0 Å². The molecule has 0 aromatic rings. The minimum absolute atomic E-state index is 0. The van der Waals surface area contributed by atoms with Crippen molar-refractivity contribution in [2.75, 3.05) is 52.9 Å². The first-order valence-electron chi connectivity index (χ1n) is 5.96. The normalized spacial score (nSPS) is 23.1. The Hall–Kier alpha value is 0.750. The van der Waals surface area contributed by atoms with E-state index in [0.717, 1.165) is 5.92 Å². The molecule has 0 aliphatic carbocycles. The third-order valence-electron chi connectivity index (χ3n) is 3.57. The Balaban J connectivity index is 0. The lowest BCUT2D eigenvalue weighted by atomic mass is 9.97. The fourth-order valence-corrected chi connectivity index (χ4v) is 2.46. The largest absolute Gasteiger partial charge is 0.317 e. The molecule has 3 nitrogen and oxygen atoms in total. The van der Waals surface area contributed by atoms with E-state index in [-0.39, 0.29) is 37.2 Å². The summed E-state index contributed by atoms with van der Waals surface area (Å²) in [7, 11) is 2.22. The first kappa shape index (κ1) is 20.1. The number of nitrogens with zero attached hydrogens (tertiary/aromatic N) is 2. The Morgan fingerprint density at radius 3 is 2.00 bits per heavy atom. The van der Waals surface area contributed by atoms with Crippen LogP contribution in [-0.4, -0.2) is 62.7 Å². The minimum Gasteiger partial charge on any atom is -0.317 e. The Kier molecular flexibility index (Phi) is 12.6. The molecule has 0 aromatic carbocycles. The van der Waals surface area contributed by atoms with Crippen molar-refractivity contribution >= 4 is 37.2 Å². The summed E-state index contributed by atoms with van der Waals surface area (Å²) in [6.07, 6.45) is 2.76. The number of halogens is 3. The molecule has 2 aliphatic heterocycles. The van der Waals surface area contributed by atoms with Gasteiger partial charge >= 0.3 is 0 Å². The van der Waals surface area contributed by atoms with Crippen LogP contribution in [0.1, 0.15) is 12.8 Å². The number of rotatable bonds is 2. The summed E-state index contributed by atoms with van der Waals surface area (Å²) >= 11 is 0. The molecule has 2 saturated heterocycles. The highest BCUT2D eigenvalue weighted by atomic mass is 35.5. The maximum Gasteiger partial charge on any atom is 0.0110 e. The lowest BCUT2D eigenvalue weighted by Crippen LogP contribution is -2.47. The average molecular weight is 307 g/mol. The summed E-state index contributed by atoms with van der Waals surface area (Å²) in [5.74, 6) is 0.958. The number of piperidine rings is 1. The molecule has 0 unspecified atom stereocenters. The molecule has 2 rings (SSSR count). The Morgan fingerprint density at radius 1 is 0.941 bits per heavy atom. The molecule has 0 spiro atoms. The van der Waals surface area contributed by atoms with Gasteiger partial charge in [-0.2, -0.15) is 0 Å². The molecule has 0 saturated carbocycles. The fourth-order valence-electron chi connectivity index (χ4n) is 2.46. The predicted molar refractivity (Wildman–Crippen MR) is 81.3 cm³/mol. The van der Waals surface area contributed by atoms with Crippen molar-refractivity contribution in [2.45, 2.75) is 12.8 Å². The van der Waals surface area contributed by atoms with Crippen LogP contribution in [-0.2, 0) is 0 Å². The second kappa shape index (κ2) is 10.7. The number of piperazine rings is 1. The minimum atomic E-state index is 0. The Labute approximate surface area is 124 Å². The van der Waals surface area contributed by atoms with Crippen LogP contribution in [0.15, 0.2) is 0 Å². The van der Waals surface area contributed by atoms with Gasteiger partial charge in [-0.05, 0) is 38.9 Å². The number of hydrogen-bond acceptors (Lipinski definition) is 3. The van der Waals surface area contributed by atoms with Crippen molar-refractivity contribution in [1.82, 2.24) is 15.1 Å². The van der Waals surface area contributed by atoms with Gasteiger partial charge in [0.25, 0.3) is 0 Å². The molecule has 2 fully saturated rings. The second-order valence-corrected chi connectivity index (χ2v) is 4.80. The van der Waals surface area contributed by atoms with E-state index in [9.17, 15) is 0 Å². The zero-order valence-electron chi connectivity index (χ0n) is 10.6. The number of likely N-dealkylation sites (N-methyl/N-ethyl adjacent to an activating group) is 1. The summed E-state index contributed by atoms with van der Waals surface area (Å²) in [4.78, 5) is 5.08. The molecule has 17 heavy (non-hydrogen) atoms. The van der Waals surface area contributed by atoms with E-state index in [2.05, 4.69) is 22.2 Å². The van der Waals surface area contributed by atoms with Gasteiger partial charge in [0.05, 0.1) is 0 Å². The standard InChI is InChI=1S/C11H23N3.3ClH/c1-13-6-8-14(9-7-13)10-11-2-4-12-5-3-11;;;/h11-12H,2-10H2,1H3;3*1H. The molecular formula is C11H26Cl3N3. The first-order chi connectivity index (χ1) is 6.84. The second-order valence-electron chi connectivity index (χ2n) is 4.80. The first-order valence-corrected chi connectivity index (χ1v) is 5.96. The molecule has 0 radical (unpaired) electrons. The van der Waals surface area contributed by atoms with E-state index in [1.54, 1.807) is 0 Å². The van der Waals surface area contributed by atoms with Crippen LogP contribution < -0.4 is 5.32 Å². The van der Waals surface area contributed by atoms with Crippen LogP contribution in [0.5, 0.6) is 0 Å². The Bertz CT molecular complexity index is 169. The SMILES string of the molecule is CN1CCN(CC2CCNCC2)CC1.Cl.Cl.Cl. The molecule has 2 aliphatic rings. The molecular weight excluding hydrogens is 281 g/mol. The van der Waals surface area contributed by atoms with E-state index in [1.165, 1.54) is 58.7 Å². The summed E-state index contributed by atoms with van der Waals surface area (Å²) in [5, 5.41) is 3.43. The summed E-state index contributed by atoms with van der Waals surface area (Å²) < 4.78 is 0. The maximum atomic E-state index is 3.43.